The van der Waals surface area contributed by atoms with E-state index in [2.05, 4.69) is 15.3 Å². The van der Waals surface area contributed by atoms with Gasteiger partial charge in [-0.05, 0) is 49.9 Å². The first-order valence-electron chi connectivity index (χ1n) is 11.2. The summed E-state index contributed by atoms with van der Waals surface area (Å²) in [5.74, 6) is -4.19. The Morgan fingerprint density at radius 3 is 2.59 bits per heavy atom. The minimum Gasteiger partial charge on any atom is -0.325 e. The summed E-state index contributed by atoms with van der Waals surface area (Å²) in [6.07, 6.45) is 2.94. The maximum Gasteiger partial charge on any atom is 0.275 e. The van der Waals surface area contributed by atoms with Crippen molar-refractivity contribution in [3.8, 4) is 11.3 Å². The zero-order valence-corrected chi connectivity index (χ0v) is 18.3. The van der Waals surface area contributed by atoms with Gasteiger partial charge in [-0.1, -0.05) is 18.2 Å². The van der Waals surface area contributed by atoms with Crippen LogP contribution in [0.25, 0.3) is 22.2 Å². The predicted octanol–water partition coefficient (Wildman–Crippen LogP) is 4.74. The summed E-state index contributed by atoms with van der Waals surface area (Å²) in [4.78, 5) is 15.4. The number of amides is 1. The van der Waals surface area contributed by atoms with Crippen molar-refractivity contribution in [1.29, 1.82) is 0 Å². The third-order valence-electron chi connectivity index (χ3n) is 6.88. The van der Waals surface area contributed by atoms with E-state index in [4.69, 9.17) is 0 Å². The summed E-state index contributed by atoms with van der Waals surface area (Å²) in [5, 5.41) is 13.9. The second kappa shape index (κ2) is 7.65. The van der Waals surface area contributed by atoms with E-state index in [1.54, 1.807) is 17.8 Å². The Balaban J connectivity index is 1.42. The van der Waals surface area contributed by atoms with E-state index in [-0.39, 0.29) is 29.2 Å². The summed E-state index contributed by atoms with van der Waals surface area (Å²) in [7, 11) is 1.69. The lowest BCUT2D eigenvalue weighted by Crippen LogP contribution is -2.50. The molecule has 0 saturated carbocycles. The minimum absolute atomic E-state index is 0.106. The second-order valence-corrected chi connectivity index (χ2v) is 8.90. The largest absolute Gasteiger partial charge is 0.325 e. The maximum atomic E-state index is 14.0. The number of fused-ring (bicyclic) bond motifs is 5. The van der Waals surface area contributed by atoms with E-state index in [1.807, 2.05) is 29.2 Å². The molecule has 2 aliphatic rings. The molecule has 1 fully saturated rings. The van der Waals surface area contributed by atoms with Crippen molar-refractivity contribution in [1.82, 2.24) is 24.9 Å². The molecule has 1 saturated heterocycles. The number of aryl methyl sites for hydroxylation is 1. The molecule has 0 spiro atoms. The van der Waals surface area contributed by atoms with Crippen LogP contribution in [0.3, 0.4) is 0 Å². The molecule has 34 heavy (non-hydrogen) atoms. The molecule has 6 rings (SSSR count). The molecule has 0 aliphatic carbocycles. The number of piperidine rings is 1. The molecule has 1 amide bonds. The SMILES string of the molecule is Cn1nc2c(c1-c1cc(F)c(F)c(F)c1)C[C@H]1CCC[C@@H]2N1C(=O)c1cc2ccccc2nn1. The Kier molecular flexibility index (Phi) is 4.68. The van der Waals surface area contributed by atoms with Crippen LogP contribution >= 0.6 is 0 Å². The maximum absolute atomic E-state index is 14.0. The number of nitrogens with zero attached hydrogens (tertiary/aromatic N) is 5. The Labute approximate surface area is 193 Å². The van der Waals surface area contributed by atoms with Crippen molar-refractivity contribution in [2.45, 2.75) is 37.8 Å². The van der Waals surface area contributed by atoms with E-state index in [1.165, 1.54) is 0 Å². The fraction of sp³-hybridized carbons (Fsp3) is 0.280. The molecule has 2 atom stereocenters. The van der Waals surface area contributed by atoms with Crippen LogP contribution in [0.5, 0.6) is 0 Å². The molecule has 4 heterocycles. The highest BCUT2D eigenvalue weighted by Crippen LogP contribution is 2.45. The third kappa shape index (κ3) is 3.10. The number of hydrogen-bond donors (Lipinski definition) is 0. The van der Waals surface area contributed by atoms with Crippen LogP contribution in [-0.4, -0.2) is 36.8 Å². The first-order valence-corrected chi connectivity index (χ1v) is 11.2. The standard InChI is InChI=1S/C25H20F3N5O/c1-32-24(14-9-17(26)22(28)18(27)10-14)16-12-15-6-4-8-21(23(16)31-32)33(15)25(34)20-11-13-5-2-3-7-19(13)29-30-20/h2-3,5,7,9-11,15,21H,4,6,8,12H2,1H3/t15-,21+/m1/s1. The highest BCUT2D eigenvalue weighted by Gasteiger charge is 2.44. The number of rotatable bonds is 2. The van der Waals surface area contributed by atoms with Crippen molar-refractivity contribution >= 4 is 16.8 Å². The molecule has 0 unspecified atom stereocenters. The molecular weight excluding hydrogens is 443 g/mol. The van der Waals surface area contributed by atoms with Crippen molar-refractivity contribution in [3.05, 3.63) is 76.9 Å². The molecule has 172 valence electrons. The highest BCUT2D eigenvalue weighted by atomic mass is 19.2. The number of halogens is 3. The van der Waals surface area contributed by atoms with Crippen LogP contribution in [0.4, 0.5) is 13.2 Å². The fourth-order valence-corrected chi connectivity index (χ4v) is 5.42. The van der Waals surface area contributed by atoms with E-state index in [9.17, 15) is 18.0 Å². The monoisotopic (exact) mass is 463 g/mol. The van der Waals surface area contributed by atoms with Crippen LogP contribution in [0.15, 0.2) is 42.5 Å². The van der Waals surface area contributed by atoms with Gasteiger partial charge in [0.2, 0.25) is 0 Å². The van der Waals surface area contributed by atoms with Crippen LogP contribution in [0.1, 0.15) is 47.1 Å². The summed E-state index contributed by atoms with van der Waals surface area (Å²) in [6.45, 7) is 0. The van der Waals surface area contributed by atoms with Gasteiger partial charge in [-0.2, -0.15) is 5.10 Å². The van der Waals surface area contributed by atoms with E-state index < -0.39 is 17.5 Å². The van der Waals surface area contributed by atoms with E-state index in [0.29, 0.717) is 23.3 Å². The van der Waals surface area contributed by atoms with Gasteiger partial charge in [-0.25, -0.2) is 13.2 Å². The van der Waals surface area contributed by atoms with Gasteiger partial charge in [0, 0.05) is 29.6 Å². The number of benzene rings is 2. The predicted molar refractivity (Wildman–Crippen MR) is 118 cm³/mol. The van der Waals surface area contributed by atoms with Gasteiger partial charge in [0.05, 0.1) is 22.9 Å². The first-order chi connectivity index (χ1) is 16.4. The average molecular weight is 463 g/mol. The Morgan fingerprint density at radius 2 is 1.79 bits per heavy atom. The van der Waals surface area contributed by atoms with E-state index >= 15 is 0 Å². The molecule has 0 radical (unpaired) electrons. The van der Waals surface area contributed by atoms with E-state index in [0.717, 1.165) is 42.3 Å². The van der Waals surface area contributed by atoms with Gasteiger partial charge in [0.15, 0.2) is 23.1 Å². The smallest absolute Gasteiger partial charge is 0.275 e. The zero-order valence-electron chi connectivity index (χ0n) is 18.3. The molecule has 2 aromatic heterocycles. The Hall–Kier alpha value is -3.75. The third-order valence-corrected chi connectivity index (χ3v) is 6.88. The normalized spacial score (nSPS) is 19.4. The Bertz CT molecular complexity index is 1440. The van der Waals surface area contributed by atoms with Crippen molar-refractivity contribution in [3.63, 3.8) is 0 Å². The number of carbonyl (C=O) groups is 1. The average Bonchev–Trinajstić information content (AvgIpc) is 3.16. The molecule has 4 aromatic rings. The van der Waals surface area contributed by atoms with Gasteiger partial charge < -0.3 is 4.90 Å². The number of hydrogen-bond acceptors (Lipinski definition) is 4. The molecule has 2 bridgehead atoms. The lowest BCUT2D eigenvalue weighted by atomic mass is 9.81. The van der Waals surface area contributed by atoms with Crippen LogP contribution in [0, 0.1) is 17.5 Å². The van der Waals surface area contributed by atoms with Crippen molar-refractivity contribution in [2.24, 2.45) is 7.05 Å². The number of carbonyl (C=O) groups excluding carboxylic acids is 1. The quantitative estimate of drug-likeness (QED) is 0.403. The van der Waals surface area contributed by atoms with Crippen molar-refractivity contribution < 1.29 is 18.0 Å². The molecule has 0 N–H and O–H groups in total. The summed E-state index contributed by atoms with van der Waals surface area (Å²) in [5.41, 5.74) is 3.32. The fourth-order valence-electron chi connectivity index (χ4n) is 5.42. The summed E-state index contributed by atoms with van der Waals surface area (Å²) < 4.78 is 43.1. The Morgan fingerprint density at radius 1 is 1.03 bits per heavy atom. The number of aromatic nitrogens is 4. The minimum atomic E-state index is -1.50. The lowest BCUT2D eigenvalue weighted by molar-refractivity contribution is 0.0385. The highest BCUT2D eigenvalue weighted by molar-refractivity contribution is 5.96. The molecule has 6 nitrogen and oxygen atoms in total. The molecule has 2 aromatic carbocycles. The first kappa shape index (κ1) is 20.8. The molecular formula is C25H20F3N5O. The van der Waals surface area contributed by atoms with Gasteiger partial charge in [0.25, 0.3) is 5.91 Å². The molecule has 9 heteroatoms. The summed E-state index contributed by atoms with van der Waals surface area (Å²) in [6, 6.07) is 10.8. The van der Waals surface area contributed by atoms with Crippen molar-refractivity contribution in [2.75, 3.05) is 0 Å². The second-order valence-electron chi connectivity index (χ2n) is 8.90. The van der Waals surface area contributed by atoms with Crippen LogP contribution < -0.4 is 0 Å². The van der Waals surface area contributed by atoms with Gasteiger partial charge in [-0.3, -0.25) is 9.48 Å². The van der Waals surface area contributed by atoms with Crippen LogP contribution in [-0.2, 0) is 13.5 Å². The van der Waals surface area contributed by atoms with Gasteiger partial charge >= 0.3 is 0 Å². The zero-order chi connectivity index (χ0) is 23.6. The summed E-state index contributed by atoms with van der Waals surface area (Å²) >= 11 is 0. The van der Waals surface area contributed by atoms with Crippen LogP contribution in [0.2, 0.25) is 0 Å². The van der Waals surface area contributed by atoms with Gasteiger partial charge in [0.1, 0.15) is 0 Å². The molecule has 2 aliphatic heterocycles. The van der Waals surface area contributed by atoms with Gasteiger partial charge in [-0.15, -0.1) is 10.2 Å². The lowest BCUT2D eigenvalue weighted by Gasteiger charge is -2.45. The topological polar surface area (TPSA) is 63.9 Å².